The number of allylic oxidation sites excluding steroid dienone is 1. The quantitative estimate of drug-likeness (QED) is 0.167. The summed E-state index contributed by atoms with van der Waals surface area (Å²) in [6.45, 7) is 8.49. The average Bonchev–Trinajstić information content (AvgIpc) is 3.44. The Hall–Kier alpha value is -4.82. The number of nitrogens with one attached hydrogen (secondary N) is 2. The fourth-order valence-electron chi connectivity index (χ4n) is 5.22. The van der Waals surface area contributed by atoms with Crippen molar-refractivity contribution in [1.82, 2.24) is 14.8 Å². The number of carbonyl (C=O) groups is 1. The number of hydrogen-bond acceptors (Lipinski definition) is 6. The van der Waals surface area contributed by atoms with Crippen molar-refractivity contribution in [2.45, 2.75) is 51.3 Å². The maximum atomic E-state index is 14.1. The van der Waals surface area contributed by atoms with Gasteiger partial charge in [-0.2, -0.15) is 4.98 Å². The highest BCUT2D eigenvalue weighted by atomic mass is 32.2. The number of fused-ring (bicyclic) bond motifs is 1. The first-order valence-corrected chi connectivity index (χ1v) is 15.6. The second-order valence-corrected chi connectivity index (χ2v) is 12.0. The van der Waals surface area contributed by atoms with Gasteiger partial charge in [0.1, 0.15) is 18.4 Å². The fraction of sp³-hybridized carbons (Fsp3) is 0.194. The molecular formula is C36H35N5O2S. The van der Waals surface area contributed by atoms with E-state index in [-0.39, 0.29) is 5.91 Å². The van der Waals surface area contributed by atoms with Gasteiger partial charge in [-0.1, -0.05) is 96.2 Å². The van der Waals surface area contributed by atoms with Crippen LogP contribution >= 0.6 is 11.8 Å². The summed E-state index contributed by atoms with van der Waals surface area (Å²) in [5.74, 6) is 1.86. The first-order valence-electron chi connectivity index (χ1n) is 14.6. The number of ether oxygens (including phenoxy) is 1. The Labute approximate surface area is 262 Å². The van der Waals surface area contributed by atoms with Crippen LogP contribution in [0.25, 0.3) is 0 Å². The van der Waals surface area contributed by atoms with Crippen molar-refractivity contribution in [3.8, 4) is 5.75 Å². The van der Waals surface area contributed by atoms with Gasteiger partial charge in [0.2, 0.25) is 11.1 Å². The van der Waals surface area contributed by atoms with Crippen LogP contribution in [0.15, 0.2) is 113 Å². The summed E-state index contributed by atoms with van der Waals surface area (Å²) in [5, 5.41) is 12.1. The van der Waals surface area contributed by atoms with Crippen LogP contribution in [0.5, 0.6) is 5.75 Å². The molecule has 0 fully saturated rings. The zero-order chi connectivity index (χ0) is 30.6. The monoisotopic (exact) mass is 601 g/mol. The van der Waals surface area contributed by atoms with Crippen molar-refractivity contribution >= 4 is 29.3 Å². The van der Waals surface area contributed by atoms with Crippen LogP contribution in [0.3, 0.4) is 0 Å². The molecule has 1 atom stereocenters. The van der Waals surface area contributed by atoms with Crippen molar-refractivity contribution in [3.63, 3.8) is 0 Å². The topological polar surface area (TPSA) is 81.1 Å². The molecule has 0 aliphatic carbocycles. The summed E-state index contributed by atoms with van der Waals surface area (Å²) < 4.78 is 8.03. The van der Waals surface area contributed by atoms with Gasteiger partial charge in [-0.05, 0) is 73.7 Å². The van der Waals surface area contributed by atoms with Gasteiger partial charge in [0.25, 0.3) is 5.91 Å². The molecule has 1 aliphatic heterocycles. The maximum Gasteiger partial charge on any atom is 0.255 e. The van der Waals surface area contributed by atoms with Gasteiger partial charge in [0.05, 0.1) is 5.57 Å². The van der Waals surface area contributed by atoms with Crippen LogP contribution in [0.4, 0.5) is 11.6 Å². The summed E-state index contributed by atoms with van der Waals surface area (Å²) >= 11 is 1.56. The van der Waals surface area contributed by atoms with Gasteiger partial charge >= 0.3 is 0 Å². The standard InChI is InChI=1S/C36H35N5O2S/c1-23-16-18-27(19-17-23)21-43-30-14-9-13-29(20-30)33-32(34(42)38-31-15-8-10-24(2)25(31)3)26(4)37-35-39-36(40-41(33)35)44-22-28-11-6-5-7-12-28/h5-20,33H,21-22H2,1-4H3,(H,38,42)(H,37,39,40). The lowest BCUT2D eigenvalue weighted by Gasteiger charge is -2.29. The van der Waals surface area contributed by atoms with Gasteiger partial charge in [0, 0.05) is 17.1 Å². The van der Waals surface area contributed by atoms with Crippen molar-refractivity contribution in [2.75, 3.05) is 10.6 Å². The van der Waals surface area contributed by atoms with E-state index in [1.165, 1.54) is 11.1 Å². The molecule has 1 aliphatic rings. The van der Waals surface area contributed by atoms with Crippen LogP contribution in [0.1, 0.15) is 46.3 Å². The summed E-state index contributed by atoms with van der Waals surface area (Å²) in [7, 11) is 0. The molecule has 44 heavy (non-hydrogen) atoms. The van der Waals surface area contributed by atoms with Gasteiger partial charge in [-0.3, -0.25) is 4.79 Å². The first kappa shape index (κ1) is 29.3. The van der Waals surface area contributed by atoms with E-state index in [1.807, 2.05) is 86.1 Å². The number of amides is 1. The van der Waals surface area contributed by atoms with E-state index >= 15 is 0 Å². The second-order valence-electron chi connectivity index (χ2n) is 11.1. The number of hydrogen-bond donors (Lipinski definition) is 2. The number of rotatable bonds is 9. The van der Waals surface area contributed by atoms with E-state index in [1.54, 1.807) is 11.8 Å². The number of anilines is 2. The predicted octanol–water partition coefficient (Wildman–Crippen LogP) is 8.00. The summed E-state index contributed by atoms with van der Waals surface area (Å²) in [5.41, 5.74) is 8.59. The molecule has 0 saturated heterocycles. The SMILES string of the molecule is CC1=C(C(=O)Nc2cccc(C)c2C)C(c2cccc(OCc3ccc(C)cc3)c2)n2nc(SCc3ccccc3)nc2N1. The third kappa shape index (κ3) is 6.40. The lowest BCUT2D eigenvalue weighted by atomic mass is 9.94. The minimum absolute atomic E-state index is 0.195. The van der Waals surface area contributed by atoms with Crippen LogP contribution < -0.4 is 15.4 Å². The summed E-state index contributed by atoms with van der Waals surface area (Å²) in [4.78, 5) is 18.9. The van der Waals surface area contributed by atoms with Crippen molar-refractivity contribution in [2.24, 2.45) is 0 Å². The minimum Gasteiger partial charge on any atom is -0.489 e. The lowest BCUT2D eigenvalue weighted by molar-refractivity contribution is -0.113. The van der Waals surface area contributed by atoms with Gasteiger partial charge in [-0.25, -0.2) is 4.68 Å². The van der Waals surface area contributed by atoms with E-state index in [2.05, 4.69) is 54.0 Å². The molecule has 5 aromatic rings. The van der Waals surface area contributed by atoms with E-state index in [0.717, 1.165) is 39.4 Å². The second kappa shape index (κ2) is 12.8. The average molecular weight is 602 g/mol. The molecule has 7 nitrogen and oxygen atoms in total. The van der Waals surface area contributed by atoms with Crippen molar-refractivity contribution < 1.29 is 9.53 Å². The zero-order valence-electron chi connectivity index (χ0n) is 25.3. The molecule has 6 rings (SSSR count). The maximum absolute atomic E-state index is 14.1. The van der Waals surface area contributed by atoms with E-state index in [0.29, 0.717) is 29.0 Å². The van der Waals surface area contributed by atoms with Crippen molar-refractivity contribution in [3.05, 3.63) is 142 Å². The number of aromatic nitrogens is 3. The molecule has 222 valence electrons. The molecule has 8 heteroatoms. The zero-order valence-corrected chi connectivity index (χ0v) is 26.1. The molecule has 2 heterocycles. The normalized spacial score (nSPS) is 14.1. The molecule has 0 spiro atoms. The number of aryl methyl sites for hydroxylation is 2. The molecule has 0 saturated carbocycles. The molecule has 4 aromatic carbocycles. The number of carbonyl (C=O) groups excluding carboxylic acids is 1. The molecule has 0 radical (unpaired) electrons. The fourth-order valence-corrected chi connectivity index (χ4v) is 6.00. The molecule has 2 N–H and O–H groups in total. The lowest BCUT2D eigenvalue weighted by Crippen LogP contribution is -2.31. The third-order valence-corrected chi connectivity index (χ3v) is 8.75. The molecule has 1 unspecified atom stereocenters. The Morgan fingerprint density at radius 3 is 2.48 bits per heavy atom. The Balaban J connectivity index is 1.34. The molecule has 1 aromatic heterocycles. The third-order valence-electron chi connectivity index (χ3n) is 7.84. The van der Waals surface area contributed by atoms with E-state index in [9.17, 15) is 4.79 Å². The van der Waals surface area contributed by atoms with Crippen LogP contribution in [-0.4, -0.2) is 20.7 Å². The highest BCUT2D eigenvalue weighted by molar-refractivity contribution is 7.98. The molecular weight excluding hydrogens is 566 g/mol. The van der Waals surface area contributed by atoms with Gasteiger partial charge < -0.3 is 15.4 Å². The number of nitrogens with zero attached hydrogens (tertiary/aromatic N) is 3. The minimum atomic E-state index is -0.516. The smallest absolute Gasteiger partial charge is 0.255 e. The van der Waals surface area contributed by atoms with Gasteiger partial charge in [0.15, 0.2) is 0 Å². The summed E-state index contributed by atoms with van der Waals surface area (Å²) in [6.07, 6.45) is 0. The van der Waals surface area contributed by atoms with Gasteiger partial charge in [-0.15, -0.1) is 5.10 Å². The summed E-state index contributed by atoms with van der Waals surface area (Å²) in [6, 6.07) is 31.9. The Morgan fingerprint density at radius 1 is 0.909 bits per heavy atom. The molecule has 0 bridgehead atoms. The highest BCUT2D eigenvalue weighted by Crippen LogP contribution is 2.38. The number of thioether (sulfide) groups is 1. The molecule has 1 amide bonds. The predicted molar refractivity (Wildman–Crippen MR) is 177 cm³/mol. The van der Waals surface area contributed by atoms with E-state index in [4.69, 9.17) is 14.8 Å². The Bertz CT molecular complexity index is 1830. The van der Waals surface area contributed by atoms with Crippen LogP contribution in [0.2, 0.25) is 0 Å². The van der Waals surface area contributed by atoms with Crippen LogP contribution in [-0.2, 0) is 17.2 Å². The first-order chi connectivity index (χ1) is 21.4. The van der Waals surface area contributed by atoms with Crippen LogP contribution in [0, 0.1) is 20.8 Å². The largest absolute Gasteiger partial charge is 0.489 e. The highest BCUT2D eigenvalue weighted by Gasteiger charge is 2.35. The Kier molecular flexibility index (Phi) is 8.52. The van der Waals surface area contributed by atoms with Crippen molar-refractivity contribution in [1.29, 1.82) is 0 Å². The number of benzene rings is 4. The Morgan fingerprint density at radius 2 is 1.68 bits per heavy atom. The van der Waals surface area contributed by atoms with E-state index < -0.39 is 6.04 Å².